The van der Waals surface area contributed by atoms with Crippen LogP contribution in [0.4, 0.5) is 0 Å². The van der Waals surface area contributed by atoms with Crippen molar-refractivity contribution in [3.05, 3.63) is 53.3 Å². The topological polar surface area (TPSA) is 38.0 Å². The number of aliphatic hydroxyl groups excluding tert-OH is 1. The lowest BCUT2D eigenvalue weighted by Crippen LogP contribution is -2.18. The van der Waals surface area contributed by atoms with E-state index in [2.05, 4.69) is 17.2 Å². The minimum absolute atomic E-state index is 0.344. The van der Waals surface area contributed by atoms with Crippen molar-refractivity contribution in [3.8, 4) is 0 Å². The maximum Gasteiger partial charge on any atom is 0.0739 e. The maximum atomic E-state index is 10.0. The Hall–Kier alpha value is -1.61. The van der Waals surface area contributed by atoms with Crippen LogP contribution < -0.4 is 0 Å². The van der Waals surface area contributed by atoms with Gasteiger partial charge in [0.05, 0.1) is 18.3 Å². The van der Waals surface area contributed by atoms with Crippen LogP contribution in [0.3, 0.4) is 0 Å². The highest BCUT2D eigenvalue weighted by Gasteiger charge is 2.08. The fraction of sp³-hybridized carbons (Fsp3) is 0.400. The zero-order valence-corrected chi connectivity index (χ0v) is 11.0. The van der Waals surface area contributed by atoms with Gasteiger partial charge in [0.15, 0.2) is 0 Å². The minimum atomic E-state index is -0.344. The van der Waals surface area contributed by atoms with Gasteiger partial charge in [0.25, 0.3) is 0 Å². The summed E-state index contributed by atoms with van der Waals surface area (Å²) in [5.74, 6) is 0. The van der Waals surface area contributed by atoms with Crippen molar-refractivity contribution in [2.75, 3.05) is 0 Å². The van der Waals surface area contributed by atoms with Crippen LogP contribution in [0.2, 0.25) is 0 Å². The molecule has 1 N–H and O–H groups in total. The number of nitrogens with zero attached hydrogens (tertiary/aromatic N) is 2. The Morgan fingerprint density at radius 2 is 1.94 bits per heavy atom. The van der Waals surface area contributed by atoms with E-state index in [1.807, 2.05) is 42.8 Å². The second kappa shape index (κ2) is 5.83. The van der Waals surface area contributed by atoms with E-state index in [1.54, 1.807) is 0 Å². The summed E-state index contributed by atoms with van der Waals surface area (Å²) in [5.41, 5.74) is 3.37. The van der Waals surface area contributed by atoms with Crippen LogP contribution in [-0.4, -0.2) is 21.0 Å². The Morgan fingerprint density at radius 3 is 2.56 bits per heavy atom. The fourth-order valence-corrected chi connectivity index (χ4v) is 2.13. The molecule has 1 aromatic heterocycles. The summed E-state index contributed by atoms with van der Waals surface area (Å²) in [5, 5.41) is 14.4. The highest BCUT2D eigenvalue weighted by atomic mass is 16.3. The van der Waals surface area contributed by atoms with Gasteiger partial charge in [-0.05, 0) is 38.3 Å². The number of rotatable bonds is 5. The maximum absolute atomic E-state index is 10.0. The van der Waals surface area contributed by atoms with Gasteiger partial charge in [-0.15, -0.1) is 0 Å². The molecule has 2 rings (SSSR count). The lowest BCUT2D eigenvalue weighted by molar-refractivity contribution is 0.139. The third-order valence-electron chi connectivity index (χ3n) is 3.10. The molecule has 0 bridgehead atoms. The van der Waals surface area contributed by atoms with Crippen LogP contribution in [0.15, 0.2) is 36.4 Å². The zero-order valence-electron chi connectivity index (χ0n) is 11.0. The van der Waals surface area contributed by atoms with Gasteiger partial charge in [0.1, 0.15) is 0 Å². The monoisotopic (exact) mass is 244 g/mol. The lowest BCUT2D eigenvalue weighted by atomic mass is 10.1. The van der Waals surface area contributed by atoms with Crippen LogP contribution in [-0.2, 0) is 13.0 Å². The van der Waals surface area contributed by atoms with Gasteiger partial charge < -0.3 is 5.11 Å². The molecule has 3 heteroatoms. The summed E-state index contributed by atoms with van der Waals surface area (Å²) in [4.78, 5) is 0. The van der Waals surface area contributed by atoms with E-state index in [4.69, 9.17) is 0 Å². The third kappa shape index (κ3) is 3.44. The molecule has 3 nitrogen and oxygen atoms in total. The summed E-state index contributed by atoms with van der Waals surface area (Å²) in [6, 6.07) is 12.3. The van der Waals surface area contributed by atoms with Gasteiger partial charge in [-0.25, -0.2) is 0 Å². The van der Waals surface area contributed by atoms with Crippen molar-refractivity contribution in [3.63, 3.8) is 0 Å². The first-order valence-electron chi connectivity index (χ1n) is 6.38. The number of hydrogen-bond acceptors (Lipinski definition) is 2. The summed E-state index contributed by atoms with van der Waals surface area (Å²) >= 11 is 0. The Kier molecular flexibility index (Phi) is 4.15. The van der Waals surface area contributed by atoms with E-state index in [9.17, 15) is 5.11 Å². The van der Waals surface area contributed by atoms with Gasteiger partial charge >= 0.3 is 0 Å². The van der Waals surface area contributed by atoms with Gasteiger partial charge in [0.2, 0.25) is 0 Å². The molecule has 0 spiro atoms. The summed E-state index contributed by atoms with van der Waals surface area (Å²) < 4.78 is 1.88. The second-order valence-electron chi connectivity index (χ2n) is 4.79. The van der Waals surface area contributed by atoms with Crippen molar-refractivity contribution in [1.82, 2.24) is 9.78 Å². The first-order chi connectivity index (χ1) is 8.65. The first-order valence-corrected chi connectivity index (χ1v) is 6.38. The molecule has 0 amide bonds. The van der Waals surface area contributed by atoms with E-state index in [0.29, 0.717) is 6.54 Å². The normalized spacial score (nSPS) is 12.6. The summed E-state index contributed by atoms with van der Waals surface area (Å²) in [7, 11) is 0. The molecular formula is C15H20N2O. The molecule has 2 aromatic rings. The van der Waals surface area contributed by atoms with Crippen LogP contribution in [0.5, 0.6) is 0 Å². The van der Waals surface area contributed by atoms with Gasteiger partial charge in [0, 0.05) is 5.69 Å². The fourth-order valence-electron chi connectivity index (χ4n) is 2.13. The number of hydrogen-bond donors (Lipinski definition) is 1. The standard InChI is InChI=1S/C15H20N2O/c1-12-10-13(2)17(16-12)11-15(18)9-8-14-6-4-3-5-7-14/h3-7,10,15,18H,8-9,11H2,1-2H3/t15-/m1/s1. The molecule has 0 aliphatic rings. The average molecular weight is 244 g/mol. The molecule has 96 valence electrons. The Balaban J connectivity index is 1.86. The van der Waals surface area contributed by atoms with Crippen LogP contribution in [0.1, 0.15) is 23.4 Å². The highest BCUT2D eigenvalue weighted by molar-refractivity contribution is 5.14. The lowest BCUT2D eigenvalue weighted by Gasteiger charge is -2.12. The molecule has 1 atom stereocenters. The van der Waals surface area contributed by atoms with Crippen molar-refractivity contribution < 1.29 is 5.11 Å². The van der Waals surface area contributed by atoms with Gasteiger partial charge in [-0.3, -0.25) is 4.68 Å². The third-order valence-corrected chi connectivity index (χ3v) is 3.10. The van der Waals surface area contributed by atoms with Gasteiger partial charge in [-0.1, -0.05) is 30.3 Å². The second-order valence-corrected chi connectivity index (χ2v) is 4.79. The number of aryl methyl sites for hydroxylation is 3. The molecular weight excluding hydrogens is 224 g/mol. The van der Waals surface area contributed by atoms with E-state index in [1.165, 1.54) is 5.56 Å². The summed E-state index contributed by atoms with van der Waals surface area (Å²) in [6.07, 6.45) is 1.33. The SMILES string of the molecule is Cc1cc(C)n(C[C@H](O)CCc2ccccc2)n1. The van der Waals surface area contributed by atoms with Crippen molar-refractivity contribution in [1.29, 1.82) is 0 Å². The highest BCUT2D eigenvalue weighted by Crippen LogP contribution is 2.08. The van der Waals surface area contributed by atoms with Crippen molar-refractivity contribution in [2.24, 2.45) is 0 Å². The molecule has 1 heterocycles. The van der Waals surface area contributed by atoms with E-state index < -0.39 is 0 Å². The Bertz CT molecular complexity index is 490. The predicted octanol–water partition coefficient (Wildman–Crippen LogP) is 2.49. The molecule has 0 aliphatic carbocycles. The van der Waals surface area contributed by atoms with Crippen LogP contribution in [0, 0.1) is 13.8 Å². The molecule has 0 unspecified atom stereocenters. The van der Waals surface area contributed by atoms with Crippen molar-refractivity contribution >= 4 is 0 Å². The molecule has 18 heavy (non-hydrogen) atoms. The van der Waals surface area contributed by atoms with E-state index >= 15 is 0 Å². The number of aliphatic hydroxyl groups is 1. The van der Waals surface area contributed by atoms with Crippen LogP contribution >= 0.6 is 0 Å². The molecule has 0 saturated carbocycles. The zero-order chi connectivity index (χ0) is 13.0. The number of benzene rings is 1. The number of aromatic nitrogens is 2. The van der Waals surface area contributed by atoms with Crippen LogP contribution in [0.25, 0.3) is 0 Å². The molecule has 0 fully saturated rings. The predicted molar refractivity (Wildman–Crippen MR) is 72.5 cm³/mol. The van der Waals surface area contributed by atoms with E-state index in [-0.39, 0.29) is 6.10 Å². The Morgan fingerprint density at radius 1 is 1.22 bits per heavy atom. The largest absolute Gasteiger partial charge is 0.391 e. The van der Waals surface area contributed by atoms with Gasteiger partial charge in [-0.2, -0.15) is 5.10 Å². The van der Waals surface area contributed by atoms with Crippen molar-refractivity contribution in [2.45, 2.75) is 39.3 Å². The Labute approximate surface area is 108 Å². The smallest absolute Gasteiger partial charge is 0.0739 e. The molecule has 0 saturated heterocycles. The van der Waals surface area contributed by atoms with E-state index in [0.717, 1.165) is 24.2 Å². The average Bonchev–Trinajstić information content (AvgIpc) is 2.67. The first kappa shape index (κ1) is 12.8. The molecule has 0 aliphatic heterocycles. The summed E-state index contributed by atoms with van der Waals surface area (Å²) in [6.45, 7) is 4.57. The minimum Gasteiger partial charge on any atom is -0.391 e. The molecule has 0 radical (unpaired) electrons. The molecule has 1 aromatic carbocycles. The quantitative estimate of drug-likeness (QED) is 0.877.